The summed E-state index contributed by atoms with van der Waals surface area (Å²) in [6, 6.07) is 3.40. The van der Waals surface area contributed by atoms with Crippen molar-refractivity contribution in [3.05, 3.63) is 23.4 Å². The van der Waals surface area contributed by atoms with Gasteiger partial charge in [0.05, 0.1) is 17.2 Å². The van der Waals surface area contributed by atoms with E-state index in [0.29, 0.717) is 29.2 Å². The molecule has 6 heteroatoms. The van der Waals surface area contributed by atoms with E-state index in [9.17, 15) is 9.90 Å². The number of fused-ring (bicyclic) bond motifs is 1. The van der Waals surface area contributed by atoms with Gasteiger partial charge >= 0.3 is 0 Å². The number of carbonyl (C=O) groups is 1. The molecule has 2 aliphatic rings. The first-order chi connectivity index (χ1) is 11.0. The molecule has 1 saturated carbocycles. The number of amides is 1. The Labute approximate surface area is 142 Å². The van der Waals surface area contributed by atoms with Crippen LogP contribution in [0.3, 0.4) is 0 Å². The molecule has 1 aliphatic carbocycles. The van der Waals surface area contributed by atoms with Gasteiger partial charge in [-0.15, -0.1) is 0 Å². The molecule has 3 rings (SSSR count). The summed E-state index contributed by atoms with van der Waals surface area (Å²) in [4.78, 5) is 18.4. The molecule has 1 aliphatic heterocycles. The minimum absolute atomic E-state index is 0.0708. The van der Waals surface area contributed by atoms with Crippen LogP contribution in [0.1, 0.15) is 32.6 Å². The van der Waals surface area contributed by atoms with Crippen molar-refractivity contribution in [2.24, 2.45) is 11.8 Å². The van der Waals surface area contributed by atoms with Crippen LogP contribution in [0.15, 0.2) is 18.3 Å². The Bertz CT molecular complexity index is 565. The quantitative estimate of drug-likeness (QED) is 0.886. The van der Waals surface area contributed by atoms with Crippen LogP contribution in [0.25, 0.3) is 0 Å². The highest BCUT2D eigenvalue weighted by molar-refractivity contribution is 6.30. The van der Waals surface area contributed by atoms with E-state index in [1.807, 2.05) is 0 Å². The van der Waals surface area contributed by atoms with E-state index in [1.165, 1.54) is 6.20 Å². The van der Waals surface area contributed by atoms with Gasteiger partial charge in [-0.2, -0.15) is 0 Å². The fourth-order valence-corrected chi connectivity index (χ4v) is 4.23. The molecular formula is C17H24ClN3O2. The van der Waals surface area contributed by atoms with Crippen LogP contribution in [-0.4, -0.2) is 46.1 Å². The van der Waals surface area contributed by atoms with Crippen molar-refractivity contribution in [3.63, 3.8) is 0 Å². The summed E-state index contributed by atoms with van der Waals surface area (Å²) in [5.41, 5.74) is -0.550. The standard InChI is InChI=1S/C17H24ClN3O2/c1-2-17(23)7-3-4-12-9-21(10-14(12)17)11-16(22)20-15-6-5-13(18)8-19-15/h5-6,8,12,14,23H,2-4,7,9-11H2,1H3,(H,19,20,22)/t12-,14+,17-/m0/s1. The second-order valence-corrected chi connectivity index (χ2v) is 7.26. The number of hydrogen-bond acceptors (Lipinski definition) is 4. The van der Waals surface area contributed by atoms with Crippen LogP contribution >= 0.6 is 11.6 Å². The number of aliphatic hydroxyl groups is 1. The number of carbonyl (C=O) groups excluding carboxylic acids is 1. The normalized spacial score (nSPS) is 30.9. The van der Waals surface area contributed by atoms with Gasteiger partial charge in [0.15, 0.2) is 0 Å². The SMILES string of the molecule is CC[C@]1(O)CCC[C@H]2CN(CC(=O)Nc3ccc(Cl)cn3)C[C@H]21. The van der Waals surface area contributed by atoms with Gasteiger partial charge in [-0.25, -0.2) is 4.98 Å². The van der Waals surface area contributed by atoms with Gasteiger partial charge in [0, 0.05) is 25.2 Å². The first kappa shape index (κ1) is 16.7. The smallest absolute Gasteiger partial charge is 0.239 e. The van der Waals surface area contributed by atoms with E-state index in [4.69, 9.17) is 11.6 Å². The Balaban J connectivity index is 1.57. The van der Waals surface area contributed by atoms with Crippen molar-refractivity contribution in [2.75, 3.05) is 25.0 Å². The molecule has 1 aromatic rings. The van der Waals surface area contributed by atoms with E-state index in [1.54, 1.807) is 12.1 Å². The maximum atomic E-state index is 12.2. The molecule has 0 bridgehead atoms. The van der Waals surface area contributed by atoms with E-state index in [2.05, 4.69) is 22.1 Å². The molecule has 23 heavy (non-hydrogen) atoms. The molecule has 5 nitrogen and oxygen atoms in total. The molecule has 0 radical (unpaired) electrons. The number of nitrogens with one attached hydrogen (secondary N) is 1. The first-order valence-electron chi connectivity index (χ1n) is 8.36. The topological polar surface area (TPSA) is 65.5 Å². The summed E-state index contributed by atoms with van der Waals surface area (Å²) < 4.78 is 0. The van der Waals surface area contributed by atoms with Gasteiger partial charge in [-0.3, -0.25) is 9.69 Å². The molecular weight excluding hydrogens is 314 g/mol. The number of aromatic nitrogens is 1. The molecule has 0 aromatic carbocycles. The summed E-state index contributed by atoms with van der Waals surface area (Å²) in [6.07, 6.45) is 5.44. The van der Waals surface area contributed by atoms with Gasteiger partial charge in [-0.1, -0.05) is 24.9 Å². The van der Waals surface area contributed by atoms with E-state index >= 15 is 0 Å². The van der Waals surface area contributed by atoms with Crippen molar-refractivity contribution in [1.29, 1.82) is 0 Å². The number of halogens is 1. The van der Waals surface area contributed by atoms with Crippen molar-refractivity contribution >= 4 is 23.3 Å². The van der Waals surface area contributed by atoms with Gasteiger partial charge in [0.1, 0.15) is 5.82 Å². The molecule has 1 saturated heterocycles. The third kappa shape index (κ3) is 3.67. The van der Waals surface area contributed by atoms with Crippen LogP contribution in [0.2, 0.25) is 5.02 Å². The Morgan fingerprint density at radius 1 is 1.52 bits per heavy atom. The van der Waals surface area contributed by atoms with Gasteiger partial charge in [0.2, 0.25) is 5.91 Å². The first-order valence-corrected chi connectivity index (χ1v) is 8.74. The van der Waals surface area contributed by atoms with Gasteiger partial charge in [-0.05, 0) is 37.3 Å². The summed E-state index contributed by atoms with van der Waals surface area (Å²) in [5, 5.41) is 14.2. The molecule has 1 amide bonds. The monoisotopic (exact) mass is 337 g/mol. The summed E-state index contributed by atoms with van der Waals surface area (Å²) in [5.74, 6) is 1.25. The lowest BCUT2D eigenvalue weighted by molar-refractivity contribution is -0.117. The number of nitrogens with zero attached hydrogens (tertiary/aromatic N) is 2. The number of pyridine rings is 1. The highest BCUT2D eigenvalue weighted by atomic mass is 35.5. The molecule has 0 unspecified atom stereocenters. The zero-order chi connectivity index (χ0) is 16.4. The summed E-state index contributed by atoms with van der Waals surface area (Å²) in [6.45, 7) is 4.10. The fraction of sp³-hybridized carbons (Fsp3) is 0.647. The third-order valence-corrected chi connectivity index (χ3v) is 5.59. The molecule has 1 aromatic heterocycles. The van der Waals surface area contributed by atoms with Crippen LogP contribution in [0.5, 0.6) is 0 Å². The van der Waals surface area contributed by atoms with Crippen molar-refractivity contribution < 1.29 is 9.90 Å². The van der Waals surface area contributed by atoms with Crippen LogP contribution < -0.4 is 5.32 Å². The summed E-state index contributed by atoms with van der Waals surface area (Å²) >= 11 is 5.79. The maximum absolute atomic E-state index is 12.2. The Morgan fingerprint density at radius 3 is 3.04 bits per heavy atom. The molecule has 126 valence electrons. The van der Waals surface area contributed by atoms with Crippen LogP contribution in [0, 0.1) is 11.8 Å². The predicted octanol–water partition coefficient (Wildman–Crippen LogP) is 2.55. The number of likely N-dealkylation sites (tertiary alicyclic amines) is 1. The second kappa shape index (κ2) is 6.75. The minimum Gasteiger partial charge on any atom is -0.390 e. The lowest BCUT2D eigenvalue weighted by atomic mass is 9.69. The second-order valence-electron chi connectivity index (χ2n) is 6.82. The zero-order valence-electron chi connectivity index (χ0n) is 13.5. The largest absolute Gasteiger partial charge is 0.390 e. The predicted molar refractivity (Wildman–Crippen MR) is 90.4 cm³/mol. The van der Waals surface area contributed by atoms with Gasteiger partial charge in [0.25, 0.3) is 0 Å². The molecule has 2 heterocycles. The number of hydrogen-bond donors (Lipinski definition) is 2. The number of rotatable bonds is 4. The zero-order valence-corrected chi connectivity index (χ0v) is 14.2. The fourth-order valence-electron chi connectivity index (χ4n) is 4.12. The van der Waals surface area contributed by atoms with E-state index in [-0.39, 0.29) is 5.91 Å². The Kier molecular flexibility index (Phi) is 4.90. The summed E-state index contributed by atoms with van der Waals surface area (Å²) in [7, 11) is 0. The van der Waals surface area contributed by atoms with E-state index in [0.717, 1.165) is 38.8 Å². The number of anilines is 1. The van der Waals surface area contributed by atoms with Crippen LogP contribution in [0.4, 0.5) is 5.82 Å². The van der Waals surface area contributed by atoms with Crippen molar-refractivity contribution in [2.45, 2.75) is 38.2 Å². The molecule has 2 N–H and O–H groups in total. The molecule has 0 spiro atoms. The average molecular weight is 338 g/mol. The van der Waals surface area contributed by atoms with Crippen LogP contribution in [-0.2, 0) is 4.79 Å². The van der Waals surface area contributed by atoms with Gasteiger partial charge < -0.3 is 10.4 Å². The van der Waals surface area contributed by atoms with E-state index < -0.39 is 5.60 Å². The highest BCUT2D eigenvalue weighted by Crippen LogP contribution is 2.44. The maximum Gasteiger partial charge on any atom is 0.239 e. The third-order valence-electron chi connectivity index (χ3n) is 5.37. The molecule has 3 atom stereocenters. The lowest BCUT2D eigenvalue weighted by Crippen LogP contribution is -2.44. The Hall–Kier alpha value is -1.17. The van der Waals surface area contributed by atoms with Crippen molar-refractivity contribution in [3.8, 4) is 0 Å². The minimum atomic E-state index is -0.550. The highest BCUT2D eigenvalue weighted by Gasteiger charge is 2.47. The lowest BCUT2D eigenvalue weighted by Gasteiger charge is -2.40. The average Bonchev–Trinajstić information content (AvgIpc) is 2.94. The Morgan fingerprint density at radius 2 is 2.35 bits per heavy atom. The van der Waals surface area contributed by atoms with Crippen molar-refractivity contribution in [1.82, 2.24) is 9.88 Å². The molecule has 2 fully saturated rings.